The summed E-state index contributed by atoms with van der Waals surface area (Å²) in [6, 6.07) is 12.2. The Kier molecular flexibility index (Phi) is 5.43. The number of furan rings is 1. The van der Waals surface area contributed by atoms with E-state index >= 15 is 0 Å². The van der Waals surface area contributed by atoms with Crippen molar-refractivity contribution in [2.45, 2.75) is 19.4 Å². The predicted octanol–water partition coefficient (Wildman–Crippen LogP) is 2.95. The van der Waals surface area contributed by atoms with Crippen LogP contribution in [0.25, 0.3) is 0 Å². The number of benzene rings is 1. The molecule has 3 aromatic rings. The Labute approximate surface area is 160 Å². The number of rotatable bonds is 5. The molecule has 2 amide bonds. The first-order chi connectivity index (χ1) is 12.9. The van der Waals surface area contributed by atoms with Gasteiger partial charge in [-0.3, -0.25) is 9.59 Å². The molecule has 0 radical (unpaired) electrons. The van der Waals surface area contributed by atoms with Crippen LogP contribution in [0.4, 0.5) is 5.69 Å². The van der Waals surface area contributed by atoms with E-state index in [1.807, 2.05) is 25.3 Å². The number of thiophene rings is 1. The summed E-state index contributed by atoms with van der Waals surface area (Å²) in [5, 5.41) is 18.0. The van der Waals surface area contributed by atoms with E-state index in [9.17, 15) is 14.7 Å². The third-order valence-corrected chi connectivity index (χ3v) is 5.35. The minimum absolute atomic E-state index is 0.194. The monoisotopic (exact) mass is 384 g/mol. The van der Waals surface area contributed by atoms with Crippen LogP contribution in [0.5, 0.6) is 0 Å². The van der Waals surface area contributed by atoms with Crippen molar-refractivity contribution < 1.29 is 19.1 Å². The maximum Gasteiger partial charge on any atom is 0.313 e. The van der Waals surface area contributed by atoms with Gasteiger partial charge in [-0.1, -0.05) is 12.1 Å². The maximum absolute atomic E-state index is 12.2. The molecule has 0 saturated heterocycles. The molecule has 27 heavy (non-hydrogen) atoms. The van der Waals surface area contributed by atoms with Crippen molar-refractivity contribution in [1.29, 1.82) is 0 Å². The normalized spacial score (nSPS) is 13.0. The molecule has 1 atom stereocenters. The lowest BCUT2D eigenvalue weighted by atomic mass is 9.98. The molecule has 3 N–H and O–H groups in total. The fourth-order valence-corrected chi connectivity index (χ4v) is 3.45. The van der Waals surface area contributed by atoms with Crippen LogP contribution in [-0.4, -0.2) is 23.5 Å². The van der Waals surface area contributed by atoms with Gasteiger partial charge in [0.25, 0.3) is 0 Å². The van der Waals surface area contributed by atoms with Gasteiger partial charge in [-0.05, 0) is 60.7 Å². The summed E-state index contributed by atoms with van der Waals surface area (Å²) >= 11 is 1.33. The van der Waals surface area contributed by atoms with Gasteiger partial charge in [-0.2, -0.15) is 0 Å². The highest BCUT2D eigenvalue weighted by molar-refractivity contribution is 7.10. The van der Waals surface area contributed by atoms with Crippen LogP contribution < -0.4 is 10.6 Å². The summed E-state index contributed by atoms with van der Waals surface area (Å²) in [6.07, 6.45) is 1.45. The van der Waals surface area contributed by atoms with E-state index in [0.717, 1.165) is 11.1 Å². The van der Waals surface area contributed by atoms with Crippen molar-refractivity contribution in [3.05, 3.63) is 75.9 Å². The summed E-state index contributed by atoms with van der Waals surface area (Å²) in [5.41, 5.74) is 1.10. The molecule has 1 aromatic carbocycles. The highest BCUT2D eigenvalue weighted by Crippen LogP contribution is 2.32. The van der Waals surface area contributed by atoms with Crippen LogP contribution >= 0.6 is 11.3 Å². The summed E-state index contributed by atoms with van der Waals surface area (Å²) in [4.78, 5) is 25.0. The van der Waals surface area contributed by atoms with Gasteiger partial charge in [0.2, 0.25) is 0 Å². The van der Waals surface area contributed by atoms with Gasteiger partial charge in [0.05, 0.1) is 12.8 Å². The fraction of sp³-hybridized carbons (Fsp3) is 0.200. The number of amides is 2. The van der Waals surface area contributed by atoms with Crippen LogP contribution in [0.2, 0.25) is 0 Å². The average molecular weight is 384 g/mol. The molecule has 0 aliphatic rings. The van der Waals surface area contributed by atoms with E-state index in [4.69, 9.17) is 4.42 Å². The molecule has 2 heterocycles. The first-order valence-electron chi connectivity index (χ1n) is 8.37. The highest BCUT2D eigenvalue weighted by atomic mass is 32.1. The second-order valence-corrected chi connectivity index (χ2v) is 7.20. The zero-order chi connectivity index (χ0) is 19.4. The van der Waals surface area contributed by atoms with Gasteiger partial charge in [0, 0.05) is 10.6 Å². The van der Waals surface area contributed by atoms with Crippen LogP contribution in [0.15, 0.2) is 58.5 Å². The van der Waals surface area contributed by atoms with Crippen LogP contribution in [0.3, 0.4) is 0 Å². The second-order valence-electron chi connectivity index (χ2n) is 6.25. The van der Waals surface area contributed by atoms with Crippen molar-refractivity contribution in [2.75, 3.05) is 11.9 Å². The van der Waals surface area contributed by atoms with E-state index in [-0.39, 0.29) is 6.54 Å². The van der Waals surface area contributed by atoms with Crippen LogP contribution in [0.1, 0.15) is 21.8 Å². The topological polar surface area (TPSA) is 91.6 Å². The lowest BCUT2D eigenvalue weighted by Gasteiger charge is -2.25. The second kappa shape index (κ2) is 7.77. The third-order valence-electron chi connectivity index (χ3n) is 4.33. The minimum atomic E-state index is -1.55. The van der Waals surface area contributed by atoms with Gasteiger partial charge >= 0.3 is 11.8 Å². The highest BCUT2D eigenvalue weighted by Gasteiger charge is 2.36. The molecular weight excluding hydrogens is 364 g/mol. The molecule has 6 nitrogen and oxygen atoms in total. The number of carbonyl (C=O) groups excluding carboxylic acids is 2. The molecule has 0 spiro atoms. The Morgan fingerprint density at radius 3 is 2.56 bits per heavy atom. The predicted molar refractivity (Wildman–Crippen MR) is 104 cm³/mol. The number of carbonyl (C=O) groups is 2. The molecule has 0 fully saturated rings. The van der Waals surface area contributed by atoms with Crippen molar-refractivity contribution in [2.24, 2.45) is 0 Å². The Hall–Kier alpha value is -2.90. The van der Waals surface area contributed by atoms with E-state index in [1.165, 1.54) is 17.6 Å². The number of hydrogen-bond acceptors (Lipinski definition) is 5. The molecule has 140 valence electrons. The Morgan fingerprint density at radius 2 is 1.93 bits per heavy atom. The van der Waals surface area contributed by atoms with E-state index in [1.54, 1.807) is 36.4 Å². The molecule has 0 aliphatic carbocycles. The van der Waals surface area contributed by atoms with Crippen molar-refractivity contribution in [3.8, 4) is 0 Å². The SMILES string of the molecule is Cc1ccc(NC(=O)C(=O)NC[C@](O)(c2ccco2)c2cccs2)cc1C. The molecule has 2 aromatic heterocycles. The number of aryl methyl sites for hydroxylation is 2. The van der Waals surface area contributed by atoms with Gasteiger partial charge in [0.15, 0.2) is 5.60 Å². The molecule has 0 bridgehead atoms. The van der Waals surface area contributed by atoms with Gasteiger partial charge in [-0.25, -0.2) is 0 Å². The third kappa shape index (κ3) is 4.10. The van der Waals surface area contributed by atoms with Crippen molar-refractivity contribution >= 4 is 28.8 Å². The number of hydrogen-bond donors (Lipinski definition) is 3. The van der Waals surface area contributed by atoms with Crippen molar-refractivity contribution in [3.63, 3.8) is 0 Å². The first-order valence-corrected chi connectivity index (χ1v) is 9.25. The molecule has 0 saturated carbocycles. The smallest absolute Gasteiger partial charge is 0.313 e. The minimum Gasteiger partial charge on any atom is -0.466 e. The largest absolute Gasteiger partial charge is 0.466 e. The quantitative estimate of drug-likeness (QED) is 0.590. The zero-order valence-corrected chi connectivity index (χ0v) is 15.8. The maximum atomic E-state index is 12.2. The number of nitrogens with one attached hydrogen (secondary N) is 2. The zero-order valence-electron chi connectivity index (χ0n) is 15.0. The summed E-state index contributed by atoms with van der Waals surface area (Å²) in [5.74, 6) is -1.35. The summed E-state index contributed by atoms with van der Waals surface area (Å²) < 4.78 is 5.34. The van der Waals surface area contributed by atoms with Gasteiger partial charge < -0.3 is 20.2 Å². The lowest BCUT2D eigenvalue weighted by Crippen LogP contribution is -2.44. The molecule has 3 rings (SSSR count). The van der Waals surface area contributed by atoms with E-state index in [0.29, 0.717) is 16.3 Å². The summed E-state index contributed by atoms with van der Waals surface area (Å²) in [7, 11) is 0. The standard InChI is InChI=1S/C20H20N2O4S/c1-13-7-8-15(11-14(13)2)22-19(24)18(23)21-12-20(25,16-5-3-9-26-16)17-6-4-10-27-17/h3-11,25H,12H2,1-2H3,(H,21,23)(H,22,24)/t20-/m0/s1. The molecule has 7 heteroatoms. The lowest BCUT2D eigenvalue weighted by molar-refractivity contribution is -0.136. The summed E-state index contributed by atoms with van der Waals surface area (Å²) in [6.45, 7) is 3.70. The van der Waals surface area contributed by atoms with E-state index < -0.39 is 17.4 Å². The molecule has 0 unspecified atom stereocenters. The van der Waals surface area contributed by atoms with Crippen molar-refractivity contribution in [1.82, 2.24) is 5.32 Å². The first kappa shape index (κ1) is 18.9. The Balaban J connectivity index is 1.69. The molecule has 0 aliphatic heterocycles. The van der Waals surface area contributed by atoms with E-state index in [2.05, 4.69) is 10.6 Å². The van der Waals surface area contributed by atoms with Gasteiger partial charge in [-0.15, -0.1) is 11.3 Å². The Morgan fingerprint density at radius 1 is 1.11 bits per heavy atom. The molecular formula is C20H20N2O4S. The average Bonchev–Trinajstić information content (AvgIpc) is 3.36. The van der Waals surface area contributed by atoms with Gasteiger partial charge in [0.1, 0.15) is 5.76 Å². The Bertz CT molecular complexity index is 899. The van der Waals surface area contributed by atoms with Crippen LogP contribution in [0, 0.1) is 13.8 Å². The number of anilines is 1. The number of aliphatic hydroxyl groups is 1. The van der Waals surface area contributed by atoms with Crippen LogP contribution in [-0.2, 0) is 15.2 Å². The fourth-order valence-electron chi connectivity index (χ4n) is 2.62.